The predicted octanol–water partition coefficient (Wildman–Crippen LogP) is 1.90. The van der Waals surface area contributed by atoms with Crippen molar-refractivity contribution in [1.82, 2.24) is 14.6 Å². The van der Waals surface area contributed by atoms with Gasteiger partial charge >= 0.3 is 5.69 Å². The number of carbonyl (C=O) groups excluding carboxylic acids is 1. The van der Waals surface area contributed by atoms with Crippen LogP contribution in [0.5, 0.6) is 0 Å². The first-order valence-electron chi connectivity index (χ1n) is 8.23. The number of rotatable bonds is 8. The first-order valence-corrected chi connectivity index (χ1v) is 8.23. The molecule has 0 amide bonds. The van der Waals surface area contributed by atoms with Crippen LogP contribution in [0.3, 0.4) is 0 Å². The van der Waals surface area contributed by atoms with Crippen LogP contribution in [0.25, 0.3) is 0 Å². The van der Waals surface area contributed by atoms with E-state index in [2.05, 4.69) is 18.9 Å². The van der Waals surface area contributed by atoms with Gasteiger partial charge in [0.05, 0.1) is 11.1 Å². The molecule has 23 heavy (non-hydrogen) atoms. The Morgan fingerprint density at radius 3 is 2.74 bits per heavy atom. The van der Waals surface area contributed by atoms with Gasteiger partial charge in [0, 0.05) is 6.54 Å². The number of carbonyl (C=O) groups is 1. The van der Waals surface area contributed by atoms with E-state index in [4.69, 9.17) is 0 Å². The molecule has 1 aliphatic rings. The van der Waals surface area contributed by atoms with Gasteiger partial charge in [0.25, 0.3) is 7.41 Å². The van der Waals surface area contributed by atoms with Gasteiger partial charge in [-0.1, -0.05) is 13.8 Å². The second-order valence-electron chi connectivity index (χ2n) is 6.61. The molecular formula is C15H24BN4O3. The molecule has 1 radical (unpaired) electrons. The summed E-state index contributed by atoms with van der Waals surface area (Å²) in [5, 5.41) is 15.5. The summed E-state index contributed by atoms with van der Waals surface area (Å²) >= 11 is 0. The minimum Gasteiger partial charge on any atom is -0.340 e. The van der Waals surface area contributed by atoms with E-state index in [9.17, 15) is 14.9 Å². The molecule has 2 heterocycles. The largest absolute Gasteiger partial charge is 0.340 e. The zero-order valence-electron chi connectivity index (χ0n) is 13.9. The fraction of sp³-hybridized carbons (Fsp3) is 0.733. The molecular weight excluding hydrogens is 295 g/mol. The van der Waals surface area contributed by atoms with Gasteiger partial charge < -0.3 is 9.61 Å². The maximum Gasteiger partial charge on any atom is 0.310 e. The lowest BCUT2D eigenvalue weighted by Gasteiger charge is -2.30. The van der Waals surface area contributed by atoms with Gasteiger partial charge in [0.2, 0.25) is 0 Å². The molecule has 0 N–H and O–H groups in total. The average Bonchev–Trinajstić information content (AvgIpc) is 2.90. The highest BCUT2D eigenvalue weighted by Crippen LogP contribution is 2.24. The molecule has 1 aromatic rings. The number of aromatic nitrogens is 2. The molecule has 1 aliphatic heterocycles. The lowest BCUT2D eigenvalue weighted by atomic mass is 9.87. The number of piperidine rings is 1. The summed E-state index contributed by atoms with van der Waals surface area (Å²) in [6.45, 7) is 6.66. The van der Waals surface area contributed by atoms with E-state index in [0.717, 1.165) is 50.8 Å². The third-order valence-electron chi connectivity index (χ3n) is 4.43. The summed E-state index contributed by atoms with van der Waals surface area (Å²) in [6, 6.07) is 0. The smallest absolute Gasteiger partial charge is 0.310 e. The van der Waals surface area contributed by atoms with E-state index in [1.807, 2.05) is 9.49 Å². The second-order valence-corrected chi connectivity index (χ2v) is 6.61. The van der Waals surface area contributed by atoms with Crippen molar-refractivity contribution in [3.8, 4) is 0 Å². The maximum absolute atomic E-state index is 11.2. The fourth-order valence-corrected chi connectivity index (χ4v) is 3.01. The highest BCUT2D eigenvalue weighted by Gasteiger charge is 2.24. The minimum absolute atomic E-state index is 0.136. The van der Waals surface area contributed by atoms with Crippen molar-refractivity contribution in [1.29, 1.82) is 0 Å². The Morgan fingerprint density at radius 2 is 2.17 bits per heavy atom. The van der Waals surface area contributed by atoms with E-state index in [1.165, 1.54) is 6.20 Å². The quantitative estimate of drug-likeness (QED) is 0.316. The molecule has 0 saturated carbocycles. The van der Waals surface area contributed by atoms with E-state index in [0.29, 0.717) is 18.3 Å². The summed E-state index contributed by atoms with van der Waals surface area (Å²) in [4.78, 5) is 23.4. The third kappa shape index (κ3) is 4.89. The molecule has 8 heteroatoms. The van der Waals surface area contributed by atoms with Crippen molar-refractivity contribution < 1.29 is 9.72 Å². The first-order chi connectivity index (χ1) is 11.0. The Labute approximate surface area is 137 Å². The maximum atomic E-state index is 11.2. The van der Waals surface area contributed by atoms with E-state index in [-0.39, 0.29) is 10.6 Å². The monoisotopic (exact) mass is 319 g/mol. The zero-order valence-corrected chi connectivity index (χ0v) is 13.9. The second kappa shape index (κ2) is 8.24. The molecule has 0 aliphatic carbocycles. The van der Waals surface area contributed by atoms with Crippen molar-refractivity contribution in [2.24, 2.45) is 11.8 Å². The summed E-state index contributed by atoms with van der Waals surface area (Å²) < 4.78 is 1.82. The molecule has 1 aromatic heterocycles. The van der Waals surface area contributed by atoms with Crippen LogP contribution in [-0.4, -0.2) is 46.2 Å². The van der Waals surface area contributed by atoms with Crippen LogP contribution in [0.4, 0.5) is 5.69 Å². The minimum atomic E-state index is -0.333. The van der Waals surface area contributed by atoms with Crippen LogP contribution in [0.2, 0.25) is 0 Å². The molecule has 2 rings (SSSR count). The SMILES string of the molecule is CC(C)CCc1c([N+](=O)[O-])cnn1CC1CCN([B]C=O)CC1. The Bertz CT molecular complexity index is 539. The van der Waals surface area contributed by atoms with Gasteiger partial charge in [-0.2, -0.15) is 5.10 Å². The first kappa shape index (κ1) is 17.7. The van der Waals surface area contributed by atoms with E-state index < -0.39 is 0 Å². The molecule has 0 unspecified atom stereocenters. The Balaban J connectivity index is 2.02. The lowest BCUT2D eigenvalue weighted by Crippen LogP contribution is -2.38. The molecule has 0 aromatic carbocycles. The van der Waals surface area contributed by atoms with E-state index >= 15 is 0 Å². The van der Waals surface area contributed by atoms with Gasteiger partial charge in [-0.3, -0.25) is 14.8 Å². The van der Waals surface area contributed by atoms with Crippen LogP contribution in [-0.2, 0) is 17.8 Å². The number of nitrogens with zero attached hydrogens (tertiary/aromatic N) is 4. The molecule has 1 fully saturated rings. The van der Waals surface area contributed by atoms with Crippen LogP contribution in [0.15, 0.2) is 6.20 Å². The molecule has 0 bridgehead atoms. The third-order valence-corrected chi connectivity index (χ3v) is 4.43. The highest BCUT2D eigenvalue weighted by molar-refractivity contribution is 6.64. The van der Waals surface area contributed by atoms with Crippen molar-refractivity contribution in [2.45, 2.75) is 46.1 Å². The molecule has 7 nitrogen and oxygen atoms in total. The van der Waals surface area contributed by atoms with Gasteiger partial charge in [-0.15, -0.1) is 0 Å². The van der Waals surface area contributed by atoms with Crippen molar-refractivity contribution in [3.05, 3.63) is 22.0 Å². The van der Waals surface area contributed by atoms with Crippen LogP contribution in [0, 0.1) is 22.0 Å². The van der Waals surface area contributed by atoms with Crippen molar-refractivity contribution in [2.75, 3.05) is 13.1 Å². The lowest BCUT2D eigenvalue weighted by molar-refractivity contribution is -0.385. The van der Waals surface area contributed by atoms with Gasteiger partial charge in [0.15, 0.2) is 0 Å². The topological polar surface area (TPSA) is 81.3 Å². The Hall–Kier alpha value is -1.70. The highest BCUT2D eigenvalue weighted by atomic mass is 16.6. The molecule has 0 atom stereocenters. The van der Waals surface area contributed by atoms with Crippen molar-refractivity contribution >= 4 is 19.3 Å². The molecule has 1 saturated heterocycles. The molecule has 0 spiro atoms. The van der Waals surface area contributed by atoms with Gasteiger partial charge in [-0.05, 0) is 50.6 Å². The summed E-state index contributed by atoms with van der Waals surface area (Å²) in [5.74, 6) is 0.948. The average molecular weight is 319 g/mol. The number of hydrogen-bond donors (Lipinski definition) is 0. The van der Waals surface area contributed by atoms with Gasteiger partial charge in [-0.25, -0.2) is 0 Å². The summed E-state index contributed by atoms with van der Waals surface area (Å²) in [6.07, 6.45) is 5.75. The zero-order chi connectivity index (χ0) is 16.8. The molecule has 125 valence electrons. The van der Waals surface area contributed by atoms with Gasteiger partial charge in [0.1, 0.15) is 11.9 Å². The van der Waals surface area contributed by atoms with Crippen LogP contribution < -0.4 is 0 Å². The normalized spacial score (nSPS) is 16.7. The number of hydrogen-bond acceptors (Lipinski definition) is 5. The fourth-order valence-electron chi connectivity index (χ4n) is 3.01. The predicted molar refractivity (Wildman–Crippen MR) is 88.8 cm³/mol. The Morgan fingerprint density at radius 1 is 1.48 bits per heavy atom. The summed E-state index contributed by atoms with van der Waals surface area (Å²) in [7, 11) is 1.59. The van der Waals surface area contributed by atoms with Crippen LogP contribution in [0.1, 0.15) is 38.8 Å². The van der Waals surface area contributed by atoms with Crippen molar-refractivity contribution in [3.63, 3.8) is 0 Å². The van der Waals surface area contributed by atoms with E-state index in [1.54, 1.807) is 7.41 Å². The Kier molecular flexibility index (Phi) is 6.33. The van der Waals surface area contributed by atoms with Crippen LogP contribution >= 0.6 is 0 Å². The number of nitro groups is 1. The summed E-state index contributed by atoms with van der Waals surface area (Å²) in [5.41, 5.74) is 0.878. The standard InChI is InChI=1S/C15H24BN4O3/c1-12(2)3-4-14-15(20(22)23)9-17-19(14)10-13-5-7-18(8-6-13)16-11-21/h9,11-13H,3-8,10H2,1-2H3.